The van der Waals surface area contributed by atoms with Crippen molar-refractivity contribution in [3.05, 3.63) is 71.8 Å². The van der Waals surface area contributed by atoms with Crippen molar-refractivity contribution in [2.75, 3.05) is 6.61 Å². The maximum absolute atomic E-state index is 10.4. The Labute approximate surface area is 136 Å². The number of hydrogen-bond acceptors (Lipinski definition) is 3. The normalized spacial score (nSPS) is 10.1. The molecule has 2 aromatic carbocycles. The predicted molar refractivity (Wildman–Crippen MR) is 90.6 cm³/mol. The lowest BCUT2D eigenvalue weighted by Crippen LogP contribution is -2.04. The Morgan fingerprint density at radius 3 is 1.96 bits per heavy atom. The molecule has 0 saturated carbocycles. The van der Waals surface area contributed by atoms with Crippen LogP contribution in [0.2, 0.25) is 0 Å². The average molecular weight is 311 g/mol. The Hall–Kier alpha value is -2.62. The summed E-state index contributed by atoms with van der Waals surface area (Å²) >= 11 is 0. The number of carbonyl (C=O) groups is 1. The van der Waals surface area contributed by atoms with Crippen LogP contribution in [0, 0.1) is 0 Å². The van der Waals surface area contributed by atoms with Gasteiger partial charge in [-0.2, -0.15) is 0 Å². The number of rotatable bonds is 9. The van der Waals surface area contributed by atoms with Gasteiger partial charge in [0.15, 0.2) is 0 Å². The molecule has 23 heavy (non-hydrogen) atoms. The Balaban J connectivity index is 1.94. The Morgan fingerprint density at radius 2 is 1.43 bits per heavy atom. The van der Waals surface area contributed by atoms with Crippen molar-refractivity contribution >= 4 is 11.7 Å². The zero-order valence-corrected chi connectivity index (χ0v) is 13.0. The molecule has 2 rings (SSSR count). The smallest absolute Gasteiger partial charge is 0.303 e. The second-order valence-corrected chi connectivity index (χ2v) is 5.21. The third-order valence-electron chi connectivity index (χ3n) is 3.38. The van der Waals surface area contributed by atoms with Gasteiger partial charge < -0.3 is 9.94 Å². The van der Waals surface area contributed by atoms with Crippen LogP contribution in [0.15, 0.2) is 65.8 Å². The quantitative estimate of drug-likeness (QED) is 0.431. The lowest BCUT2D eigenvalue weighted by Gasteiger charge is -2.07. The fraction of sp³-hybridized carbons (Fsp3) is 0.263. The maximum Gasteiger partial charge on any atom is 0.303 e. The number of nitrogens with zero attached hydrogens (tertiary/aromatic N) is 1. The second-order valence-electron chi connectivity index (χ2n) is 5.21. The van der Waals surface area contributed by atoms with Gasteiger partial charge in [0.05, 0.1) is 0 Å². The molecular formula is C19H21NO3. The number of hydrogen-bond donors (Lipinski definition) is 1. The van der Waals surface area contributed by atoms with Crippen LogP contribution in [0.25, 0.3) is 0 Å². The molecule has 0 atom stereocenters. The molecule has 2 aromatic rings. The zero-order chi connectivity index (χ0) is 16.3. The molecule has 0 saturated heterocycles. The fourth-order valence-electron chi connectivity index (χ4n) is 2.19. The molecule has 0 spiro atoms. The van der Waals surface area contributed by atoms with E-state index in [9.17, 15) is 4.79 Å². The Morgan fingerprint density at radius 1 is 0.870 bits per heavy atom. The van der Waals surface area contributed by atoms with Crippen LogP contribution < -0.4 is 0 Å². The first-order valence-corrected chi connectivity index (χ1v) is 7.80. The Kier molecular flexibility index (Phi) is 6.85. The molecule has 0 aromatic heterocycles. The largest absolute Gasteiger partial charge is 0.481 e. The molecule has 0 aliphatic heterocycles. The third kappa shape index (κ3) is 5.94. The van der Waals surface area contributed by atoms with Gasteiger partial charge in [0.25, 0.3) is 0 Å². The van der Waals surface area contributed by atoms with Crippen molar-refractivity contribution in [2.45, 2.75) is 25.7 Å². The lowest BCUT2D eigenvalue weighted by atomic mass is 10.0. The van der Waals surface area contributed by atoms with Gasteiger partial charge in [-0.25, -0.2) is 0 Å². The molecule has 0 aliphatic carbocycles. The van der Waals surface area contributed by atoms with E-state index in [1.54, 1.807) is 0 Å². The van der Waals surface area contributed by atoms with Gasteiger partial charge in [0.2, 0.25) is 0 Å². The summed E-state index contributed by atoms with van der Waals surface area (Å²) < 4.78 is 0. The summed E-state index contributed by atoms with van der Waals surface area (Å²) in [7, 11) is 0. The predicted octanol–water partition coefficient (Wildman–Crippen LogP) is 4.10. The highest BCUT2D eigenvalue weighted by molar-refractivity contribution is 6.12. The van der Waals surface area contributed by atoms with Crippen LogP contribution >= 0.6 is 0 Å². The SMILES string of the molecule is O=C(O)CCCCCON=C(c1ccccc1)c1ccccc1. The van der Waals surface area contributed by atoms with Gasteiger partial charge in [-0.15, -0.1) is 0 Å². The molecule has 0 radical (unpaired) electrons. The van der Waals surface area contributed by atoms with E-state index in [0.717, 1.165) is 29.7 Å². The van der Waals surface area contributed by atoms with E-state index in [4.69, 9.17) is 9.94 Å². The number of carboxylic acids is 1. The van der Waals surface area contributed by atoms with E-state index < -0.39 is 5.97 Å². The summed E-state index contributed by atoms with van der Waals surface area (Å²) in [6.07, 6.45) is 2.51. The molecule has 4 nitrogen and oxygen atoms in total. The minimum atomic E-state index is -0.751. The van der Waals surface area contributed by atoms with Crippen molar-refractivity contribution < 1.29 is 14.7 Å². The van der Waals surface area contributed by atoms with Crippen LogP contribution in [-0.4, -0.2) is 23.4 Å². The van der Waals surface area contributed by atoms with Gasteiger partial charge in [0, 0.05) is 17.5 Å². The molecule has 0 fully saturated rings. The second kappa shape index (κ2) is 9.41. The van der Waals surface area contributed by atoms with Gasteiger partial charge in [-0.05, 0) is 19.3 Å². The monoisotopic (exact) mass is 311 g/mol. The highest BCUT2D eigenvalue weighted by Gasteiger charge is 2.07. The Bertz CT molecular complexity index is 582. The molecule has 0 amide bonds. The third-order valence-corrected chi connectivity index (χ3v) is 3.38. The van der Waals surface area contributed by atoms with Crippen molar-refractivity contribution in [1.29, 1.82) is 0 Å². The fourth-order valence-corrected chi connectivity index (χ4v) is 2.19. The first-order chi connectivity index (χ1) is 11.3. The number of unbranched alkanes of at least 4 members (excludes halogenated alkanes) is 2. The van der Waals surface area contributed by atoms with Gasteiger partial charge >= 0.3 is 5.97 Å². The summed E-state index contributed by atoms with van der Waals surface area (Å²) in [5.41, 5.74) is 2.81. The highest BCUT2D eigenvalue weighted by Crippen LogP contribution is 2.11. The maximum atomic E-state index is 10.4. The first-order valence-electron chi connectivity index (χ1n) is 7.80. The van der Waals surface area contributed by atoms with E-state index in [1.807, 2.05) is 60.7 Å². The lowest BCUT2D eigenvalue weighted by molar-refractivity contribution is -0.137. The number of oxime groups is 1. The van der Waals surface area contributed by atoms with Crippen molar-refractivity contribution in [1.82, 2.24) is 0 Å². The van der Waals surface area contributed by atoms with E-state index in [1.165, 1.54) is 0 Å². The summed E-state index contributed by atoms with van der Waals surface area (Å²) in [6, 6.07) is 19.8. The molecule has 1 N–H and O–H groups in total. The van der Waals surface area contributed by atoms with Crippen LogP contribution in [0.5, 0.6) is 0 Å². The molecule has 0 aliphatic rings. The van der Waals surface area contributed by atoms with E-state index in [0.29, 0.717) is 13.0 Å². The first kappa shape index (κ1) is 16.7. The highest BCUT2D eigenvalue weighted by atomic mass is 16.6. The number of carboxylic acid groups (broad SMARTS) is 1. The van der Waals surface area contributed by atoms with Crippen LogP contribution in [0.3, 0.4) is 0 Å². The van der Waals surface area contributed by atoms with Crippen LogP contribution in [-0.2, 0) is 9.63 Å². The number of benzene rings is 2. The van der Waals surface area contributed by atoms with E-state index in [2.05, 4.69) is 5.16 Å². The van der Waals surface area contributed by atoms with Crippen molar-refractivity contribution in [2.24, 2.45) is 5.16 Å². The molecule has 0 heterocycles. The van der Waals surface area contributed by atoms with Crippen LogP contribution in [0.1, 0.15) is 36.8 Å². The summed E-state index contributed by atoms with van der Waals surface area (Å²) in [6.45, 7) is 0.489. The topological polar surface area (TPSA) is 58.9 Å². The molecule has 120 valence electrons. The minimum absolute atomic E-state index is 0.211. The average Bonchev–Trinajstić information content (AvgIpc) is 2.59. The van der Waals surface area contributed by atoms with Gasteiger partial charge in [-0.1, -0.05) is 65.8 Å². The molecule has 0 unspecified atom stereocenters. The summed E-state index contributed by atoms with van der Waals surface area (Å²) in [4.78, 5) is 15.9. The van der Waals surface area contributed by atoms with Crippen molar-refractivity contribution in [3.63, 3.8) is 0 Å². The minimum Gasteiger partial charge on any atom is -0.481 e. The van der Waals surface area contributed by atoms with E-state index >= 15 is 0 Å². The molecule has 4 heteroatoms. The van der Waals surface area contributed by atoms with Gasteiger partial charge in [0.1, 0.15) is 12.3 Å². The zero-order valence-electron chi connectivity index (χ0n) is 13.0. The van der Waals surface area contributed by atoms with E-state index in [-0.39, 0.29) is 6.42 Å². The van der Waals surface area contributed by atoms with Gasteiger partial charge in [-0.3, -0.25) is 4.79 Å². The molecule has 0 bridgehead atoms. The standard InChI is InChI=1S/C19H21NO3/c21-18(22)14-8-3-9-15-23-20-19(16-10-4-1-5-11-16)17-12-6-2-7-13-17/h1-2,4-7,10-13H,3,8-9,14-15H2,(H,21,22). The molecular weight excluding hydrogens is 290 g/mol. The summed E-state index contributed by atoms with van der Waals surface area (Å²) in [5, 5.41) is 12.9. The van der Waals surface area contributed by atoms with Crippen LogP contribution in [0.4, 0.5) is 0 Å². The number of aliphatic carboxylic acids is 1. The summed E-state index contributed by atoms with van der Waals surface area (Å²) in [5.74, 6) is -0.751. The van der Waals surface area contributed by atoms with Crippen molar-refractivity contribution in [3.8, 4) is 0 Å².